The van der Waals surface area contributed by atoms with Crippen molar-refractivity contribution >= 4 is 23.3 Å². The molecule has 0 atom stereocenters. The topological polar surface area (TPSA) is 109 Å². The average molecular weight is 309 g/mol. The van der Waals surface area contributed by atoms with Crippen LogP contribution in [0.3, 0.4) is 0 Å². The number of aryl methyl sites for hydroxylation is 1. The second kappa shape index (κ2) is 6.84. The van der Waals surface area contributed by atoms with Crippen molar-refractivity contribution in [3.63, 3.8) is 0 Å². The lowest BCUT2D eigenvalue weighted by Crippen LogP contribution is -2.36. The van der Waals surface area contributed by atoms with Crippen molar-refractivity contribution in [2.75, 3.05) is 6.54 Å². The van der Waals surface area contributed by atoms with E-state index in [1.807, 2.05) is 13.2 Å². The van der Waals surface area contributed by atoms with Crippen molar-refractivity contribution in [3.8, 4) is 0 Å². The molecular formula is C12H15N5O3S. The summed E-state index contributed by atoms with van der Waals surface area (Å²) in [6.45, 7) is 0.701. The number of carboxylic acid groups (broad SMARTS) is 1. The van der Waals surface area contributed by atoms with Crippen LogP contribution >= 0.6 is 11.3 Å². The number of thiazole rings is 1. The first-order valence-electron chi connectivity index (χ1n) is 6.21. The van der Waals surface area contributed by atoms with Crippen LogP contribution in [0.25, 0.3) is 0 Å². The van der Waals surface area contributed by atoms with Crippen LogP contribution in [0, 0.1) is 0 Å². The molecule has 2 aromatic rings. The average Bonchev–Trinajstić information content (AvgIpc) is 3.05. The molecule has 21 heavy (non-hydrogen) atoms. The molecule has 2 heterocycles. The predicted octanol–water partition coefficient (Wildman–Crippen LogP) is 0.617. The Morgan fingerprint density at radius 1 is 1.43 bits per heavy atom. The van der Waals surface area contributed by atoms with Crippen LogP contribution in [0.5, 0.6) is 0 Å². The van der Waals surface area contributed by atoms with Gasteiger partial charge < -0.3 is 15.7 Å². The SMILES string of the molecule is Cn1cc(CCNC(=O)NCc2nc(C(=O)O)cs2)cn1. The maximum atomic E-state index is 11.6. The summed E-state index contributed by atoms with van der Waals surface area (Å²) in [5.41, 5.74) is 1.04. The number of carboxylic acids is 1. The Bertz CT molecular complexity index is 636. The molecule has 2 amide bonds. The van der Waals surface area contributed by atoms with Gasteiger partial charge in [-0.1, -0.05) is 0 Å². The smallest absolute Gasteiger partial charge is 0.355 e. The number of aromatic carboxylic acids is 1. The number of hydrogen-bond donors (Lipinski definition) is 3. The van der Waals surface area contributed by atoms with E-state index in [0.717, 1.165) is 5.56 Å². The minimum atomic E-state index is -1.07. The number of nitrogens with zero attached hydrogens (tertiary/aromatic N) is 3. The van der Waals surface area contributed by atoms with Gasteiger partial charge in [-0.2, -0.15) is 5.10 Å². The van der Waals surface area contributed by atoms with Gasteiger partial charge in [0.25, 0.3) is 0 Å². The standard InChI is InChI=1S/C12H15N5O3S/c1-17-6-8(4-15-17)2-3-13-12(20)14-5-10-16-9(7-21-10)11(18)19/h4,6-7H,2-3,5H2,1H3,(H,18,19)(H2,13,14,20). The summed E-state index contributed by atoms with van der Waals surface area (Å²) in [6.07, 6.45) is 4.34. The molecule has 3 N–H and O–H groups in total. The van der Waals surface area contributed by atoms with E-state index in [1.54, 1.807) is 10.9 Å². The third kappa shape index (κ3) is 4.56. The summed E-state index contributed by atoms with van der Waals surface area (Å²) in [7, 11) is 1.84. The van der Waals surface area contributed by atoms with Crippen LogP contribution in [0.4, 0.5) is 4.79 Å². The van der Waals surface area contributed by atoms with E-state index in [9.17, 15) is 9.59 Å². The van der Waals surface area contributed by atoms with Gasteiger partial charge in [-0.3, -0.25) is 4.68 Å². The van der Waals surface area contributed by atoms with E-state index in [2.05, 4.69) is 20.7 Å². The molecule has 0 aliphatic carbocycles. The summed E-state index contributed by atoms with van der Waals surface area (Å²) in [4.78, 5) is 26.1. The third-order valence-electron chi connectivity index (χ3n) is 2.63. The Hall–Kier alpha value is -2.42. The first-order valence-corrected chi connectivity index (χ1v) is 7.09. The van der Waals surface area contributed by atoms with Crippen LogP contribution in [0.15, 0.2) is 17.8 Å². The number of hydrogen-bond acceptors (Lipinski definition) is 5. The number of nitrogens with one attached hydrogen (secondary N) is 2. The van der Waals surface area contributed by atoms with Gasteiger partial charge in [0.2, 0.25) is 0 Å². The number of amides is 2. The summed E-state index contributed by atoms with van der Waals surface area (Å²) < 4.78 is 1.71. The highest BCUT2D eigenvalue weighted by Gasteiger charge is 2.09. The van der Waals surface area contributed by atoms with E-state index in [4.69, 9.17) is 5.11 Å². The normalized spacial score (nSPS) is 10.3. The number of aromatic nitrogens is 3. The molecular weight excluding hydrogens is 294 g/mol. The lowest BCUT2D eigenvalue weighted by atomic mass is 10.2. The van der Waals surface area contributed by atoms with Crippen LogP contribution in [-0.2, 0) is 20.0 Å². The molecule has 8 nitrogen and oxygen atoms in total. The third-order valence-corrected chi connectivity index (χ3v) is 3.48. The van der Waals surface area contributed by atoms with Gasteiger partial charge in [-0.05, 0) is 12.0 Å². The fraction of sp³-hybridized carbons (Fsp3) is 0.333. The maximum absolute atomic E-state index is 11.6. The molecule has 0 saturated heterocycles. The Balaban J connectivity index is 1.68. The zero-order valence-corrected chi connectivity index (χ0v) is 12.2. The van der Waals surface area contributed by atoms with Crippen LogP contribution in [0.2, 0.25) is 0 Å². The first kappa shape index (κ1) is 15.0. The van der Waals surface area contributed by atoms with Gasteiger partial charge in [-0.25, -0.2) is 14.6 Å². The zero-order chi connectivity index (χ0) is 15.2. The molecule has 9 heteroatoms. The number of rotatable bonds is 6. The van der Waals surface area contributed by atoms with Gasteiger partial charge in [0.1, 0.15) is 5.01 Å². The van der Waals surface area contributed by atoms with E-state index in [-0.39, 0.29) is 18.3 Å². The maximum Gasteiger partial charge on any atom is 0.355 e. The lowest BCUT2D eigenvalue weighted by Gasteiger charge is -2.05. The molecule has 0 aliphatic rings. The number of urea groups is 1. The minimum Gasteiger partial charge on any atom is -0.476 e. The summed E-state index contributed by atoms with van der Waals surface area (Å²) >= 11 is 1.20. The van der Waals surface area contributed by atoms with Gasteiger partial charge in [-0.15, -0.1) is 11.3 Å². The molecule has 0 aliphatic heterocycles. The van der Waals surface area contributed by atoms with E-state index >= 15 is 0 Å². The van der Waals surface area contributed by atoms with Crippen LogP contribution in [0.1, 0.15) is 21.1 Å². The molecule has 0 fully saturated rings. The van der Waals surface area contributed by atoms with E-state index < -0.39 is 5.97 Å². The Morgan fingerprint density at radius 3 is 2.86 bits per heavy atom. The summed E-state index contributed by atoms with van der Waals surface area (Å²) in [6, 6.07) is -0.314. The molecule has 0 saturated carbocycles. The molecule has 0 radical (unpaired) electrons. The highest BCUT2D eigenvalue weighted by molar-refractivity contribution is 7.09. The summed E-state index contributed by atoms with van der Waals surface area (Å²) in [5, 5.41) is 20.1. The number of carbonyl (C=O) groups is 2. The van der Waals surface area contributed by atoms with Gasteiger partial charge in [0.15, 0.2) is 5.69 Å². The number of carbonyl (C=O) groups excluding carboxylic acids is 1. The Morgan fingerprint density at radius 2 is 2.24 bits per heavy atom. The van der Waals surface area contributed by atoms with Gasteiger partial charge in [0.05, 0.1) is 12.7 Å². The highest BCUT2D eigenvalue weighted by Crippen LogP contribution is 2.09. The quantitative estimate of drug-likeness (QED) is 0.724. The van der Waals surface area contributed by atoms with Crippen molar-refractivity contribution < 1.29 is 14.7 Å². The van der Waals surface area contributed by atoms with Crippen LogP contribution < -0.4 is 10.6 Å². The van der Waals surface area contributed by atoms with Crippen LogP contribution in [-0.4, -0.2) is 38.4 Å². The van der Waals surface area contributed by atoms with Crippen molar-refractivity contribution in [1.29, 1.82) is 0 Å². The summed E-state index contributed by atoms with van der Waals surface area (Å²) in [5.74, 6) is -1.07. The van der Waals surface area contributed by atoms with Crippen molar-refractivity contribution in [3.05, 3.63) is 34.0 Å². The van der Waals surface area contributed by atoms with E-state index in [0.29, 0.717) is 18.0 Å². The molecule has 0 unspecified atom stereocenters. The first-order chi connectivity index (χ1) is 10.0. The van der Waals surface area contributed by atoms with E-state index in [1.165, 1.54) is 16.7 Å². The van der Waals surface area contributed by atoms with Crippen molar-refractivity contribution in [1.82, 2.24) is 25.4 Å². The van der Waals surface area contributed by atoms with Crippen molar-refractivity contribution in [2.24, 2.45) is 7.05 Å². The largest absolute Gasteiger partial charge is 0.476 e. The molecule has 2 rings (SSSR count). The fourth-order valence-electron chi connectivity index (χ4n) is 1.63. The molecule has 112 valence electrons. The minimum absolute atomic E-state index is 0.00575. The highest BCUT2D eigenvalue weighted by atomic mass is 32.1. The second-order valence-corrected chi connectivity index (χ2v) is 5.26. The second-order valence-electron chi connectivity index (χ2n) is 4.31. The fourth-order valence-corrected chi connectivity index (χ4v) is 2.34. The molecule has 0 bridgehead atoms. The molecule has 2 aromatic heterocycles. The Labute approximate surface area is 124 Å². The molecule has 0 aromatic carbocycles. The Kier molecular flexibility index (Phi) is 4.88. The predicted molar refractivity (Wildman–Crippen MR) is 76.2 cm³/mol. The monoisotopic (exact) mass is 309 g/mol. The molecule has 0 spiro atoms. The van der Waals surface area contributed by atoms with Crippen molar-refractivity contribution in [2.45, 2.75) is 13.0 Å². The lowest BCUT2D eigenvalue weighted by molar-refractivity contribution is 0.0691. The van der Waals surface area contributed by atoms with Gasteiger partial charge in [0, 0.05) is 25.2 Å². The van der Waals surface area contributed by atoms with Gasteiger partial charge >= 0.3 is 12.0 Å². The zero-order valence-electron chi connectivity index (χ0n) is 11.4.